The Kier molecular flexibility index (Phi) is 4.85. The highest BCUT2D eigenvalue weighted by Gasteiger charge is 2.31. The third-order valence-corrected chi connectivity index (χ3v) is 6.10. The van der Waals surface area contributed by atoms with Gasteiger partial charge in [-0.2, -0.15) is 0 Å². The monoisotopic (exact) mass is 414 g/mol. The van der Waals surface area contributed by atoms with Crippen molar-refractivity contribution < 1.29 is 14.3 Å². The van der Waals surface area contributed by atoms with Gasteiger partial charge in [0.1, 0.15) is 12.4 Å². The van der Waals surface area contributed by atoms with E-state index in [0.29, 0.717) is 13.0 Å². The summed E-state index contributed by atoms with van der Waals surface area (Å²) < 4.78 is 5.98. The summed E-state index contributed by atoms with van der Waals surface area (Å²) in [6.45, 7) is 0.483. The van der Waals surface area contributed by atoms with Crippen molar-refractivity contribution in [3.05, 3.63) is 84.1 Å². The number of benzene rings is 3. The lowest BCUT2D eigenvalue weighted by Crippen LogP contribution is -2.25. The van der Waals surface area contributed by atoms with Crippen molar-refractivity contribution in [3.63, 3.8) is 0 Å². The van der Waals surface area contributed by atoms with Crippen LogP contribution in [0.5, 0.6) is 5.75 Å². The zero-order chi connectivity index (χ0) is 20.5. The van der Waals surface area contributed by atoms with Gasteiger partial charge in [0.2, 0.25) is 5.91 Å². The Labute approximate surface area is 177 Å². The number of carbonyl (C=O) groups is 2. The van der Waals surface area contributed by atoms with E-state index < -0.39 is 0 Å². The van der Waals surface area contributed by atoms with Gasteiger partial charge in [-0.15, -0.1) is 0 Å². The lowest BCUT2D eigenvalue weighted by molar-refractivity contribution is -0.118. The minimum atomic E-state index is -0.388. The number of amides is 2. The number of fused-ring (bicyclic) bond motifs is 2. The second kappa shape index (κ2) is 7.80. The molecular weight excluding hydrogens is 396 g/mol. The first-order chi connectivity index (χ1) is 14.6. The standard InChI is InChI=1S/C24H18N2O3S/c27-23-22(30-24(28)26-23)11-16-10-19-7-8-20(12-21(19)25-13-16)29-14-15-5-6-17-3-1-2-4-18(17)9-15/h1-10,12-13,22H,11,14H2,(H,26,27,28). The first-order valence-corrected chi connectivity index (χ1v) is 10.5. The van der Waals surface area contributed by atoms with Crippen LogP contribution in [0.1, 0.15) is 11.1 Å². The fourth-order valence-corrected chi connectivity index (χ4v) is 4.44. The molecule has 1 aliphatic heterocycles. The van der Waals surface area contributed by atoms with Crippen LogP contribution in [0.25, 0.3) is 21.7 Å². The molecule has 6 heteroatoms. The fourth-order valence-electron chi connectivity index (χ4n) is 3.59. The number of nitrogens with one attached hydrogen (secondary N) is 1. The molecule has 1 saturated heterocycles. The summed E-state index contributed by atoms with van der Waals surface area (Å²) in [5.74, 6) is 0.523. The van der Waals surface area contributed by atoms with Gasteiger partial charge in [0, 0.05) is 17.6 Å². The van der Waals surface area contributed by atoms with Crippen LogP contribution < -0.4 is 10.1 Å². The van der Waals surface area contributed by atoms with Gasteiger partial charge in [0.15, 0.2) is 0 Å². The molecule has 1 aromatic heterocycles. The summed E-state index contributed by atoms with van der Waals surface area (Å²) >= 11 is 1.03. The van der Waals surface area contributed by atoms with Crippen LogP contribution in [0.4, 0.5) is 4.79 Å². The quantitative estimate of drug-likeness (QED) is 0.505. The molecule has 1 aliphatic rings. The minimum Gasteiger partial charge on any atom is -0.489 e. The number of nitrogens with zero attached hydrogens (tertiary/aromatic N) is 1. The molecule has 2 heterocycles. The van der Waals surface area contributed by atoms with Crippen LogP contribution in [0.3, 0.4) is 0 Å². The lowest BCUT2D eigenvalue weighted by Gasteiger charge is -2.09. The van der Waals surface area contributed by atoms with Crippen LogP contribution in [0.2, 0.25) is 0 Å². The average Bonchev–Trinajstić information content (AvgIpc) is 3.08. The van der Waals surface area contributed by atoms with Crippen LogP contribution in [0.15, 0.2) is 72.9 Å². The molecular formula is C24H18N2O3S. The lowest BCUT2D eigenvalue weighted by atomic mass is 10.1. The van der Waals surface area contributed by atoms with E-state index in [0.717, 1.165) is 39.5 Å². The van der Waals surface area contributed by atoms with Gasteiger partial charge in [-0.3, -0.25) is 19.9 Å². The summed E-state index contributed by atoms with van der Waals surface area (Å²) in [5, 5.41) is 5.03. The van der Waals surface area contributed by atoms with Gasteiger partial charge in [0.05, 0.1) is 10.8 Å². The number of ether oxygens (including phenoxy) is 1. The number of imide groups is 1. The Hall–Kier alpha value is -3.38. The molecule has 1 unspecified atom stereocenters. The third kappa shape index (κ3) is 3.86. The predicted octanol–water partition coefficient (Wildman–Crippen LogP) is 4.86. The van der Waals surface area contributed by atoms with Crippen LogP contribution in [-0.4, -0.2) is 21.4 Å². The van der Waals surface area contributed by atoms with Gasteiger partial charge in [-0.1, -0.05) is 48.2 Å². The summed E-state index contributed by atoms with van der Waals surface area (Å²) in [4.78, 5) is 27.6. The van der Waals surface area contributed by atoms with Crippen LogP contribution in [-0.2, 0) is 17.8 Å². The third-order valence-electron chi connectivity index (χ3n) is 5.12. The molecule has 0 aliphatic carbocycles. The fraction of sp³-hybridized carbons (Fsp3) is 0.125. The van der Waals surface area contributed by atoms with Gasteiger partial charge >= 0.3 is 0 Å². The predicted molar refractivity (Wildman–Crippen MR) is 119 cm³/mol. The van der Waals surface area contributed by atoms with Crippen molar-refractivity contribution in [2.45, 2.75) is 18.3 Å². The molecule has 30 heavy (non-hydrogen) atoms. The van der Waals surface area contributed by atoms with Gasteiger partial charge < -0.3 is 4.74 Å². The summed E-state index contributed by atoms with van der Waals surface area (Å²) in [6.07, 6.45) is 2.23. The average molecular weight is 414 g/mol. The smallest absolute Gasteiger partial charge is 0.286 e. The van der Waals surface area contributed by atoms with Crippen LogP contribution in [0, 0.1) is 0 Å². The topological polar surface area (TPSA) is 68.3 Å². The molecule has 0 radical (unpaired) electrons. The SMILES string of the molecule is O=C1NC(=O)C(Cc2cnc3cc(OCc4ccc5ccccc5c4)ccc3c2)S1. The van der Waals surface area contributed by atoms with Crippen molar-refractivity contribution in [3.8, 4) is 5.75 Å². The molecule has 0 spiro atoms. The number of pyridine rings is 1. The van der Waals surface area contributed by atoms with Crippen molar-refractivity contribution in [1.29, 1.82) is 0 Å². The highest BCUT2D eigenvalue weighted by molar-refractivity contribution is 8.15. The molecule has 0 bridgehead atoms. The Bertz CT molecular complexity index is 1290. The number of thioether (sulfide) groups is 1. The molecule has 4 aromatic rings. The highest BCUT2D eigenvalue weighted by Crippen LogP contribution is 2.26. The van der Waals surface area contributed by atoms with E-state index in [1.807, 2.05) is 36.4 Å². The van der Waals surface area contributed by atoms with Crippen LogP contribution >= 0.6 is 11.8 Å². The van der Waals surface area contributed by atoms with Gasteiger partial charge in [0.25, 0.3) is 5.24 Å². The number of hydrogen-bond donors (Lipinski definition) is 1. The first kappa shape index (κ1) is 18.6. The second-order valence-electron chi connectivity index (χ2n) is 7.26. The van der Waals surface area contributed by atoms with Gasteiger partial charge in [-0.05, 0) is 52.6 Å². The second-order valence-corrected chi connectivity index (χ2v) is 8.43. The Morgan fingerprint density at radius 1 is 0.900 bits per heavy atom. The summed E-state index contributed by atoms with van der Waals surface area (Å²) in [6, 6.07) is 22.4. The minimum absolute atomic E-state index is 0.234. The summed E-state index contributed by atoms with van der Waals surface area (Å²) in [7, 11) is 0. The number of aromatic nitrogens is 1. The largest absolute Gasteiger partial charge is 0.489 e. The normalized spacial score (nSPS) is 16.2. The van der Waals surface area contributed by atoms with E-state index in [2.05, 4.69) is 40.6 Å². The molecule has 0 saturated carbocycles. The zero-order valence-corrected chi connectivity index (χ0v) is 16.8. The van der Waals surface area contributed by atoms with E-state index in [1.165, 1.54) is 10.8 Å². The molecule has 3 aromatic carbocycles. The van der Waals surface area contributed by atoms with Crippen molar-refractivity contribution in [2.24, 2.45) is 0 Å². The van der Waals surface area contributed by atoms with Crippen molar-refractivity contribution >= 4 is 44.6 Å². The summed E-state index contributed by atoms with van der Waals surface area (Å²) in [5.41, 5.74) is 2.86. The molecule has 1 N–H and O–H groups in total. The molecule has 5 rings (SSSR count). The maximum Gasteiger partial charge on any atom is 0.286 e. The Morgan fingerprint density at radius 2 is 1.70 bits per heavy atom. The van der Waals surface area contributed by atoms with E-state index >= 15 is 0 Å². The van der Waals surface area contributed by atoms with Crippen molar-refractivity contribution in [1.82, 2.24) is 10.3 Å². The molecule has 148 valence electrons. The van der Waals surface area contributed by atoms with E-state index in [-0.39, 0.29) is 16.4 Å². The number of rotatable bonds is 5. The molecule has 1 fully saturated rings. The highest BCUT2D eigenvalue weighted by atomic mass is 32.2. The van der Waals surface area contributed by atoms with E-state index in [1.54, 1.807) is 6.20 Å². The molecule has 1 atom stereocenters. The Morgan fingerprint density at radius 3 is 2.53 bits per heavy atom. The maximum atomic E-state index is 11.8. The Balaban J connectivity index is 1.29. The van der Waals surface area contributed by atoms with E-state index in [9.17, 15) is 9.59 Å². The van der Waals surface area contributed by atoms with Crippen molar-refractivity contribution in [2.75, 3.05) is 0 Å². The van der Waals surface area contributed by atoms with E-state index in [4.69, 9.17) is 4.74 Å². The van der Waals surface area contributed by atoms with Gasteiger partial charge in [-0.25, -0.2) is 0 Å². The molecule has 5 nitrogen and oxygen atoms in total. The maximum absolute atomic E-state index is 11.8. The zero-order valence-electron chi connectivity index (χ0n) is 16.0. The molecule has 2 amide bonds. The number of carbonyl (C=O) groups excluding carboxylic acids is 2. The first-order valence-electron chi connectivity index (χ1n) is 9.65. The number of hydrogen-bond acceptors (Lipinski definition) is 5.